The number of amides is 2. The Kier molecular flexibility index (Phi) is 5.85. The van der Waals surface area contributed by atoms with E-state index in [0.29, 0.717) is 37.4 Å². The number of hydrogen-bond acceptors (Lipinski definition) is 5. The van der Waals surface area contributed by atoms with Gasteiger partial charge in [0.05, 0.1) is 25.0 Å². The summed E-state index contributed by atoms with van der Waals surface area (Å²) in [6.07, 6.45) is 9.50. The fraction of sp³-hybridized carbons (Fsp3) is 0.583. The van der Waals surface area contributed by atoms with Gasteiger partial charge in [0.25, 0.3) is 0 Å². The number of imide groups is 1. The molecule has 2 N–H and O–H groups in total. The lowest BCUT2D eigenvalue weighted by molar-refractivity contribution is -0.140. The lowest BCUT2D eigenvalue weighted by Crippen LogP contribution is -2.43. The molecule has 2 saturated carbocycles. The highest BCUT2D eigenvalue weighted by Gasteiger charge is 2.58. The second-order valence-electron chi connectivity index (χ2n) is 9.21. The number of carbonyl (C=O) groups excluding carboxylic acids is 2. The second-order valence-corrected chi connectivity index (χ2v) is 9.21. The molecule has 4 unspecified atom stereocenters. The number of rotatable bonds is 9. The summed E-state index contributed by atoms with van der Waals surface area (Å²) in [6.45, 7) is 4.79. The van der Waals surface area contributed by atoms with Crippen molar-refractivity contribution in [1.82, 2.24) is 20.5 Å². The van der Waals surface area contributed by atoms with Crippen molar-refractivity contribution in [2.75, 3.05) is 26.2 Å². The molecule has 2 heterocycles. The molecular formula is C24H31N5O3. The molecule has 0 aromatic carbocycles. The fourth-order valence-corrected chi connectivity index (χ4v) is 5.06. The van der Waals surface area contributed by atoms with Crippen LogP contribution in [-0.4, -0.2) is 53.9 Å². The summed E-state index contributed by atoms with van der Waals surface area (Å²) in [5.74, 6) is 2.23. The first-order chi connectivity index (χ1) is 15.6. The summed E-state index contributed by atoms with van der Waals surface area (Å²) in [4.78, 5) is 36.0. The number of nitrogens with one attached hydrogen (secondary N) is 2. The third-order valence-electron chi connectivity index (χ3n) is 6.91. The molecule has 2 amide bonds. The van der Waals surface area contributed by atoms with Crippen LogP contribution in [0, 0.1) is 29.6 Å². The molecule has 4 aliphatic rings. The molecule has 5 rings (SSSR count). The zero-order chi connectivity index (χ0) is 22.1. The maximum atomic E-state index is 12.8. The molecule has 1 aliphatic heterocycles. The first-order valence-electron chi connectivity index (χ1n) is 11.8. The summed E-state index contributed by atoms with van der Waals surface area (Å²) in [6, 6.07) is 3.86. The standard InChI is InChI=1S/C24H31N5O3/c1-2-25-24(28-13-16-5-8-19(27-12-16)32-14-15-3-4-15)26-9-10-29-22(30)20-17-6-7-18(11-17)21(20)23(29)31/h5-8,12,15,17-18,20-21H,2-4,9-11,13-14H2,1H3,(H2,25,26,28). The van der Waals surface area contributed by atoms with E-state index < -0.39 is 0 Å². The monoisotopic (exact) mass is 437 g/mol. The number of pyridine rings is 1. The molecular weight excluding hydrogens is 406 g/mol. The lowest BCUT2D eigenvalue weighted by Gasteiger charge is -2.18. The molecule has 32 heavy (non-hydrogen) atoms. The SMILES string of the molecule is CCNC(=NCc1ccc(OCC2CC2)nc1)NCCN1C(=O)C2C3C=CC(C3)C2C1=O. The van der Waals surface area contributed by atoms with Crippen LogP contribution in [0.2, 0.25) is 0 Å². The van der Waals surface area contributed by atoms with Gasteiger partial charge in [0.15, 0.2) is 5.96 Å². The first-order valence-corrected chi connectivity index (χ1v) is 11.8. The minimum Gasteiger partial charge on any atom is -0.477 e. The van der Waals surface area contributed by atoms with Gasteiger partial charge >= 0.3 is 0 Å². The van der Waals surface area contributed by atoms with Gasteiger partial charge < -0.3 is 15.4 Å². The Hall–Kier alpha value is -2.90. The van der Waals surface area contributed by atoms with Crippen molar-refractivity contribution in [2.24, 2.45) is 34.6 Å². The zero-order valence-electron chi connectivity index (χ0n) is 18.5. The van der Waals surface area contributed by atoms with Crippen molar-refractivity contribution >= 4 is 17.8 Å². The second kappa shape index (κ2) is 8.92. The minimum atomic E-state index is -0.136. The van der Waals surface area contributed by atoms with Crippen molar-refractivity contribution in [3.63, 3.8) is 0 Å². The summed E-state index contributed by atoms with van der Waals surface area (Å²) in [7, 11) is 0. The van der Waals surface area contributed by atoms with Gasteiger partial charge in [0.2, 0.25) is 17.7 Å². The average Bonchev–Trinajstić information content (AvgIpc) is 3.32. The van der Waals surface area contributed by atoms with E-state index in [-0.39, 0.29) is 35.5 Å². The zero-order valence-corrected chi connectivity index (χ0v) is 18.5. The Morgan fingerprint density at radius 2 is 1.91 bits per heavy atom. The van der Waals surface area contributed by atoms with Gasteiger partial charge in [0, 0.05) is 31.9 Å². The summed E-state index contributed by atoms with van der Waals surface area (Å²) in [5.41, 5.74) is 0.988. The Morgan fingerprint density at radius 1 is 1.16 bits per heavy atom. The first kappa shape index (κ1) is 21.0. The van der Waals surface area contributed by atoms with Crippen LogP contribution >= 0.6 is 0 Å². The number of hydrogen-bond donors (Lipinski definition) is 2. The largest absolute Gasteiger partial charge is 0.477 e. The van der Waals surface area contributed by atoms with Crippen molar-refractivity contribution in [2.45, 2.75) is 32.7 Å². The Bertz CT molecular complexity index is 894. The third-order valence-corrected chi connectivity index (χ3v) is 6.91. The number of nitrogens with zero attached hydrogens (tertiary/aromatic N) is 3. The Balaban J connectivity index is 1.12. The van der Waals surface area contributed by atoms with Gasteiger partial charge in [-0.3, -0.25) is 14.5 Å². The number of allylic oxidation sites excluding steroid dienone is 2. The predicted octanol–water partition coefficient (Wildman–Crippen LogP) is 1.73. The molecule has 1 saturated heterocycles. The molecule has 8 heteroatoms. The van der Waals surface area contributed by atoms with Crippen molar-refractivity contribution < 1.29 is 14.3 Å². The highest BCUT2D eigenvalue weighted by Crippen LogP contribution is 2.52. The maximum absolute atomic E-state index is 12.8. The molecule has 3 fully saturated rings. The summed E-state index contributed by atoms with van der Waals surface area (Å²) in [5, 5.41) is 6.46. The van der Waals surface area contributed by atoms with Crippen LogP contribution in [0.5, 0.6) is 5.88 Å². The van der Waals surface area contributed by atoms with Crippen LogP contribution in [0.1, 0.15) is 31.7 Å². The van der Waals surface area contributed by atoms with E-state index in [1.54, 1.807) is 6.20 Å². The number of carbonyl (C=O) groups is 2. The van der Waals surface area contributed by atoms with Gasteiger partial charge in [-0.25, -0.2) is 9.98 Å². The molecule has 1 aromatic heterocycles. The van der Waals surface area contributed by atoms with E-state index >= 15 is 0 Å². The Morgan fingerprint density at radius 3 is 2.53 bits per heavy atom. The van der Waals surface area contributed by atoms with E-state index in [0.717, 1.165) is 25.1 Å². The van der Waals surface area contributed by atoms with Crippen molar-refractivity contribution in [3.05, 3.63) is 36.0 Å². The Labute approximate surface area is 188 Å². The molecule has 0 spiro atoms. The number of fused-ring (bicyclic) bond motifs is 5. The summed E-state index contributed by atoms with van der Waals surface area (Å²) >= 11 is 0. The quantitative estimate of drug-likeness (QED) is 0.264. The van der Waals surface area contributed by atoms with Crippen LogP contribution < -0.4 is 15.4 Å². The molecule has 4 atom stereocenters. The number of likely N-dealkylation sites (tertiary alicyclic amines) is 1. The smallest absolute Gasteiger partial charge is 0.233 e. The van der Waals surface area contributed by atoms with E-state index in [1.165, 1.54) is 17.7 Å². The topological polar surface area (TPSA) is 95.9 Å². The lowest BCUT2D eigenvalue weighted by atomic mass is 9.85. The van der Waals surface area contributed by atoms with E-state index in [2.05, 4.69) is 32.8 Å². The molecule has 2 bridgehead atoms. The predicted molar refractivity (Wildman–Crippen MR) is 120 cm³/mol. The van der Waals surface area contributed by atoms with E-state index in [9.17, 15) is 9.59 Å². The highest BCUT2D eigenvalue weighted by atomic mass is 16.5. The van der Waals surface area contributed by atoms with Crippen LogP contribution in [0.3, 0.4) is 0 Å². The molecule has 1 aromatic rings. The molecule has 0 radical (unpaired) electrons. The van der Waals surface area contributed by atoms with Gasteiger partial charge in [-0.1, -0.05) is 18.2 Å². The van der Waals surface area contributed by atoms with Crippen LogP contribution in [0.15, 0.2) is 35.5 Å². The van der Waals surface area contributed by atoms with E-state index in [1.807, 2.05) is 19.1 Å². The maximum Gasteiger partial charge on any atom is 0.233 e. The van der Waals surface area contributed by atoms with Crippen LogP contribution in [0.4, 0.5) is 0 Å². The number of ether oxygens (including phenoxy) is 1. The number of guanidine groups is 1. The molecule has 170 valence electrons. The molecule has 3 aliphatic carbocycles. The fourth-order valence-electron chi connectivity index (χ4n) is 5.06. The van der Waals surface area contributed by atoms with Gasteiger partial charge in [0.1, 0.15) is 0 Å². The van der Waals surface area contributed by atoms with Crippen LogP contribution in [0.25, 0.3) is 0 Å². The number of aliphatic imine (C=N–C) groups is 1. The van der Waals surface area contributed by atoms with Gasteiger partial charge in [-0.05, 0) is 49.5 Å². The summed E-state index contributed by atoms with van der Waals surface area (Å²) < 4.78 is 5.68. The average molecular weight is 438 g/mol. The van der Waals surface area contributed by atoms with Crippen molar-refractivity contribution in [3.8, 4) is 5.88 Å². The third kappa shape index (κ3) is 4.23. The van der Waals surface area contributed by atoms with Gasteiger partial charge in [-0.2, -0.15) is 0 Å². The highest BCUT2D eigenvalue weighted by molar-refractivity contribution is 6.06. The molecule has 8 nitrogen and oxygen atoms in total. The van der Waals surface area contributed by atoms with Gasteiger partial charge in [-0.15, -0.1) is 0 Å². The van der Waals surface area contributed by atoms with E-state index in [4.69, 9.17) is 4.74 Å². The van der Waals surface area contributed by atoms with Crippen LogP contribution in [-0.2, 0) is 16.1 Å². The normalized spacial score (nSPS) is 28.4. The minimum absolute atomic E-state index is 0.00402. The van der Waals surface area contributed by atoms with Crippen molar-refractivity contribution in [1.29, 1.82) is 0 Å². The number of aromatic nitrogens is 1.